The fraction of sp³-hybridized carbons (Fsp3) is 0.609. The zero-order chi connectivity index (χ0) is 24.4. The summed E-state index contributed by atoms with van der Waals surface area (Å²) >= 11 is 1.32. The van der Waals surface area contributed by atoms with Crippen LogP contribution in [0.4, 0.5) is 4.79 Å². The number of aliphatic carboxylic acids is 1. The third-order valence-corrected chi connectivity index (χ3v) is 6.64. The number of hydrogen-bond acceptors (Lipinski definition) is 9. The maximum atomic E-state index is 12.8. The molecule has 1 saturated heterocycles. The largest absolute Gasteiger partial charge is 0.487 e. The average Bonchev–Trinajstić information content (AvgIpc) is 3.50. The van der Waals surface area contributed by atoms with Crippen LogP contribution in [0, 0.1) is 0 Å². The van der Waals surface area contributed by atoms with Gasteiger partial charge in [0.25, 0.3) is 0 Å². The van der Waals surface area contributed by atoms with Crippen molar-refractivity contribution < 1.29 is 38.4 Å². The molecule has 0 aromatic heterocycles. The number of thioether (sulfide) groups is 1. The number of rotatable bonds is 13. The first kappa shape index (κ1) is 26.3. The Morgan fingerprint density at radius 1 is 1.09 bits per heavy atom. The predicted octanol–water partition coefficient (Wildman–Crippen LogP) is 2.68. The van der Waals surface area contributed by atoms with Gasteiger partial charge in [-0.25, -0.2) is 9.59 Å². The van der Waals surface area contributed by atoms with Crippen molar-refractivity contribution in [3.8, 4) is 11.5 Å². The highest BCUT2D eigenvalue weighted by Crippen LogP contribution is 2.39. The predicted molar refractivity (Wildman–Crippen MR) is 127 cm³/mol. The molecule has 0 unspecified atom stereocenters. The second-order valence-corrected chi connectivity index (χ2v) is 9.01. The van der Waals surface area contributed by atoms with E-state index in [4.69, 9.17) is 23.7 Å². The maximum absolute atomic E-state index is 12.8. The molecule has 0 radical (unpaired) electrons. The third kappa shape index (κ3) is 7.08. The molecule has 1 aromatic rings. The molecule has 2 heterocycles. The Labute approximate surface area is 203 Å². The van der Waals surface area contributed by atoms with Gasteiger partial charge in [0.1, 0.15) is 11.7 Å². The highest BCUT2D eigenvalue weighted by atomic mass is 32.2. The van der Waals surface area contributed by atoms with Crippen LogP contribution in [0.1, 0.15) is 25.3 Å². The third-order valence-electron chi connectivity index (χ3n) is 5.35. The Bertz CT molecular complexity index is 875. The van der Waals surface area contributed by atoms with Crippen LogP contribution in [0.5, 0.6) is 11.5 Å². The van der Waals surface area contributed by atoms with Crippen LogP contribution < -0.4 is 9.47 Å². The summed E-state index contributed by atoms with van der Waals surface area (Å²) in [6, 6.07) is 5.23. The molecule has 188 valence electrons. The van der Waals surface area contributed by atoms with E-state index < -0.39 is 17.6 Å². The zero-order valence-corrected chi connectivity index (χ0v) is 20.4. The molecule has 10 nitrogen and oxygen atoms in total. The van der Waals surface area contributed by atoms with E-state index in [2.05, 4.69) is 4.99 Å². The second-order valence-electron chi connectivity index (χ2n) is 8.05. The smallest absolute Gasteiger partial charge is 0.415 e. The van der Waals surface area contributed by atoms with E-state index in [1.165, 1.54) is 11.8 Å². The van der Waals surface area contributed by atoms with Crippen molar-refractivity contribution in [1.29, 1.82) is 0 Å². The lowest BCUT2D eigenvalue weighted by Crippen LogP contribution is -2.33. The summed E-state index contributed by atoms with van der Waals surface area (Å²) in [6.45, 7) is 5.34. The van der Waals surface area contributed by atoms with Gasteiger partial charge in [-0.1, -0.05) is 6.07 Å². The molecule has 0 aliphatic carbocycles. The van der Waals surface area contributed by atoms with E-state index in [1.807, 2.05) is 0 Å². The molecule has 0 saturated carbocycles. The maximum Gasteiger partial charge on any atom is 0.415 e. The SMILES string of the molecule is COCCOCCOCCOc1cccc(C2=N[C@@](C)(C(=O)O)CS2)c1OC(=O)N1CCCC1. The molecule has 3 rings (SSSR count). The number of carbonyl (C=O) groups is 2. The lowest BCUT2D eigenvalue weighted by Gasteiger charge is -2.19. The molecule has 1 amide bonds. The van der Waals surface area contributed by atoms with Crippen LogP contribution in [-0.4, -0.2) is 98.2 Å². The number of carboxylic acid groups (broad SMARTS) is 1. The molecule has 0 bridgehead atoms. The first-order chi connectivity index (χ1) is 16.4. The first-order valence-corrected chi connectivity index (χ1v) is 12.3. The number of para-hydroxylation sites is 1. The Hall–Kier alpha value is -2.34. The zero-order valence-electron chi connectivity index (χ0n) is 19.6. The number of likely N-dealkylation sites (tertiary alicyclic amines) is 1. The van der Waals surface area contributed by atoms with Gasteiger partial charge in [-0.2, -0.15) is 0 Å². The fourth-order valence-electron chi connectivity index (χ4n) is 3.37. The molecule has 2 aliphatic rings. The van der Waals surface area contributed by atoms with Crippen LogP contribution in [-0.2, 0) is 19.0 Å². The van der Waals surface area contributed by atoms with E-state index in [9.17, 15) is 14.7 Å². The van der Waals surface area contributed by atoms with Gasteiger partial charge in [-0.05, 0) is 31.9 Å². The Morgan fingerprint density at radius 3 is 2.41 bits per heavy atom. The molecule has 11 heteroatoms. The lowest BCUT2D eigenvalue weighted by atomic mass is 10.1. The standard InChI is InChI=1S/C23H32N2O8S/c1-23(21(26)27)16-34-20(24-23)17-6-5-7-18(19(17)33-22(28)25-8-3-4-9-25)32-15-14-31-13-12-30-11-10-29-2/h5-7H,3-4,8-16H2,1-2H3,(H,26,27)/t23-/m1/s1. The molecular formula is C23H32N2O8S. The number of aliphatic imine (C=N–C) groups is 1. The minimum Gasteiger partial charge on any atom is -0.487 e. The van der Waals surface area contributed by atoms with Crippen LogP contribution in [0.25, 0.3) is 0 Å². The molecule has 0 spiro atoms. The molecule has 1 N–H and O–H groups in total. The van der Waals surface area contributed by atoms with Gasteiger partial charge < -0.3 is 33.7 Å². The molecule has 34 heavy (non-hydrogen) atoms. The number of nitrogens with zero attached hydrogens (tertiary/aromatic N) is 2. The molecular weight excluding hydrogens is 464 g/mol. The Morgan fingerprint density at radius 2 is 1.76 bits per heavy atom. The van der Waals surface area contributed by atoms with Gasteiger partial charge in [0.05, 0.1) is 38.6 Å². The topological polar surface area (TPSA) is 116 Å². The number of carboxylic acids is 1. The van der Waals surface area contributed by atoms with Crippen molar-refractivity contribution in [2.24, 2.45) is 4.99 Å². The van der Waals surface area contributed by atoms with E-state index in [0.29, 0.717) is 68.2 Å². The quantitative estimate of drug-likeness (QED) is 0.411. The summed E-state index contributed by atoms with van der Waals surface area (Å²) in [5.41, 5.74) is -0.695. The monoisotopic (exact) mass is 496 g/mol. The number of hydrogen-bond donors (Lipinski definition) is 1. The average molecular weight is 497 g/mol. The Kier molecular flexibility index (Phi) is 10.00. The van der Waals surface area contributed by atoms with Crippen molar-refractivity contribution >= 4 is 28.9 Å². The number of ether oxygens (including phenoxy) is 5. The van der Waals surface area contributed by atoms with Crippen molar-refractivity contribution in [2.75, 3.05) is 65.6 Å². The van der Waals surface area contributed by atoms with Gasteiger partial charge in [0.15, 0.2) is 17.0 Å². The van der Waals surface area contributed by atoms with Crippen molar-refractivity contribution in [3.05, 3.63) is 23.8 Å². The normalized spacial score (nSPS) is 19.8. The molecule has 1 aromatic carbocycles. The summed E-state index contributed by atoms with van der Waals surface area (Å²) < 4.78 is 27.4. The van der Waals surface area contributed by atoms with Crippen LogP contribution in [0.2, 0.25) is 0 Å². The highest BCUT2D eigenvalue weighted by Gasteiger charge is 2.39. The van der Waals surface area contributed by atoms with Gasteiger partial charge >= 0.3 is 12.1 Å². The van der Waals surface area contributed by atoms with Gasteiger partial charge in [0, 0.05) is 26.0 Å². The van der Waals surface area contributed by atoms with Crippen molar-refractivity contribution in [1.82, 2.24) is 4.90 Å². The van der Waals surface area contributed by atoms with Gasteiger partial charge in [0.2, 0.25) is 0 Å². The highest BCUT2D eigenvalue weighted by molar-refractivity contribution is 8.14. The van der Waals surface area contributed by atoms with E-state index in [-0.39, 0.29) is 12.4 Å². The van der Waals surface area contributed by atoms with Crippen LogP contribution in [0.15, 0.2) is 23.2 Å². The first-order valence-electron chi connectivity index (χ1n) is 11.3. The van der Waals surface area contributed by atoms with Gasteiger partial charge in [-0.3, -0.25) is 4.99 Å². The number of methoxy groups -OCH3 is 1. The molecule has 1 atom stereocenters. The second kappa shape index (κ2) is 12.9. The van der Waals surface area contributed by atoms with Crippen LogP contribution in [0.3, 0.4) is 0 Å². The van der Waals surface area contributed by atoms with Crippen LogP contribution >= 0.6 is 11.8 Å². The summed E-state index contributed by atoms with van der Waals surface area (Å²) in [4.78, 5) is 30.5. The number of amides is 1. The van der Waals surface area contributed by atoms with E-state index in [0.717, 1.165) is 12.8 Å². The Balaban J connectivity index is 1.68. The van der Waals surface area contributed by atoms with E-state index in [1.54, 1.807) is 37.1 Å². The minimum atomic E-state index is -1.23. The van der Waals surface area contributed by atoms with Crippen molar-refractivity contribution in [3.63, 3.8) is 0 Å². The summed E-state index contributed by atoms with van der Waals surface area (Å²) in [5, 5.41) is 10.0. The fourth-order valence-corrected chi connectivity index (χ4v) is 4.56. The summed E-state index contributed by atoms with van der Waals surface area (Å²) in [6.07, 6.45) is 1.42. The molecule has 1 fully saturated rings. The van der Waals surface area contributed by atoms with E-state index >= 15 is 0 Å². The summed E-state index contributed by atoms with van der Waals surface area (Å²) in [5.74, 6) is -0.0930. The van der Waals surface area contributed by atoms with Crippen molar-refractivity contribution in [2.45, 2.75) is 25.3 Å². The number of carbonyl (C=O) groups excluding carboxylic acids is 1. The lowest BCUT2D eigenvalue weighted by molar-refractivity contribution is -0.141. The minimum absolute atomic E-state index is 0.238. The number of benzene rings is 1. The summed E-state index contributed by atoms with van der Waals surface area (Å²) in [7, 11) is 1.62. The molecule has 2 aliphatic heterocycles. The van der Waals surface area contributed by atoms with Gasteiger partial charge in [-0.15, -0.1) is 11.8 Å².